The summed E-state index contributed by atoms with van der Waals surface area (Å²) in [5.41, 5.74) is 1.02. The third-order valence-electron chi connectivity index (χ3n) is 4.02. The molecule has 1 amide bonds. The van der Waals surface area contributed by atoms with Gasteiger partial charge in [0.1, 0.15) is 0 Å². The second kappa shape index (κ2) is 8.42. The Balaban J connectivity index is 1.72. The molecule has 1 aliphatic heterocycles. The number of nitrogens with one attached hydrogen (secondary N) is 2. The Morgan fingerprint density at radius 2 is 2.00 bits per heavy atom. The lowest BCUT2D eigenvalue weighted by atomic mass is 10.1. The average Bonchev–Trinajstić information content (AvgIpc) is 2.54. The van der Waals surface area contributed by atoms with Crippen LogP contribution < -0.4 is 10.0 Å². The van der Waals surface area contributed by atoms with Crippen LogP contribution in [-0.4, -0.2) is 37.8 Å². The molecule has 7 heteroatoms. The van der Waals surface area contributed by atoms with Gasteiger partial charge < -0.3 is 5.32 Å². The topological polar surface area (TPSA) is 78.5 Å². The first-order valence-corrected chi connectivity index (χ1v) is 9.50. The van der Waals surface area contributed by atoms with Gasteiger partial charge in [0.05, 0.1) is 0 Å². The second-order valence-electron chi connectivity index (χ2n) is 5.87. The van der Waals surface area contributed by atoms with Crippen molar-refractivity contribution in [3.05, 3.63) is 35.9 Å². The monoisotopic (exact) mass is 339 g/mol. The number of piperidine rings is 1. The predicted octanol–water partition coefficient (Wildman–Crippen LogP) is 1.40. The van der Waals surface area contributed by atoms with Gasteiger partial charge >= 0.3 is 0 Å². The molecule has 1 fully saturated rings. The molecule has 128 valence electrons. The smallest absolute Gasteiger partial charge is 0.279 e. The van der Waals surface area contributed by atoms with Crippen molar-refractivity contribution >= 4 is 16.1 Å². The summed E-state index contributed by atoms with van der Waals surface area (Å²) < 4.78 is 28.5. The van der Waals surface area contributed by atoms with E-state index in [0.29, 0.717) is 13.1 Å². The van der Waals surface area contributed by atoms with E-state index in [2.05, 4.69) is 10.0 Å². The summed E-state index contributed by atoms with van der Waals surface area (Å²) in [4.78, 5) is 11.8. The average molecular weight is 339 g/mol. The van der Waals surface area contributed by atoms with Crippen LogP contribution >= 0.6 is 0 Å². The van der Waals surface area contributed by atoms with Crippen LogP contribution in [0.3, 0.4) is 0 Å². The van der Waals surface area contributed by atoms with Crippen LogP contribution in [0.2, 0.25) is 0 Å². The Kier molecular flexibility index (Phi) is 6.56. The maximum Gasteiger partial charge on any atom is 0.279 e. The molecule has 2 N–H and O–H groups in total. The summed E-state index contributed by atoms with van der Waals surface area (Å²) in [5, 5.41) is 2.79. The first kappa shape index (κ1) is 17.9. The molecular weight excluding hydrogens is 314 g/mol. The van der Waals surface area contributed by atoms with Gasteiger partial charge in [-0.15, -0.1) is 0 Å². The molecule has 1 aliphatic rings. The summed E-state index contributed by atoms with van der Waals surface area (Å²) in [6.45, 7) is 3.05. The summed E-state index contributed by atoms with van der Waals surface area (Å²) in [6.07, 6.45) is 2.98. The molecular formula is C16H25N3O3S. The number of hydrogen-bond acceptors (Lipinski definition) is 3. The first-order chi connectivity index (χ1) is 11.0. The zero-order chi connectivity index (χ0) is 16.7. The quantitative estimate of drug-likeness (QED) is 0.788. The molecule has 0 aliphatic carbocycles. The zero-order valence-corrected chi connectivity index (χ0v) is 14.3. The highest BCUT2D eigenvalue weighted by Crippen LogP contribution is 2.18. The Bertz CT molecular complexity index is 604. The third kappa shape index (κ3) is 5.60. The van der Waals surface area contributed by atoms with E-state index in [1.807, 2.05) is 37.3 Å². The molecule has 1 atom stereocenters. The Morgan fingerprint density at radius 3 is 2.70 bits per heavy atom. The Labute approximate surface area is 138 Å². The molecule has 23 heavy (non-hydrogen) atoms. The maximum atomic E-state index is 12.2. The molecule has 2 rings (SSSR count). The number of amides is 1. The summed E-state index contributed by atoms with van der Waals surface area (Å²) >= 11 is 0. The fourth-order valence-electron chi connectivity index (χ4n) is 2.69. The standard InChI is InChI=1S/C16H25N3O3S/c1-14-7-5-6-12-19(14)23(21,22)18-11-10-16(20)17-13-15-8-3-2-4-9-15/h2-4,8-9,14,18H,5-7,10-13H2,1H3,(H,17,20)/t14-/m1/s1. The van der Waals surface area contributed by atoms with Gasteiger partial charge in [0.15, 0.2) is 0 Å². The van der Waals surface area contributed by atoms with Crippen molar-refractivity contribution in [1.82, 2.24) is 14.3 Å². The lowest BCUT2D eigenvalue weighted by molar-refractivity contribution is -0.121. The number of hydrogen-bond donors (Lipinski definition) is 2. The largest absolute Gasteiger partial charge is 0.352 e. The molecule has 0 spiro atoms. The molecule has 0 aromatic heterocycles. The third-order valence-corrected chi connectivity index (χ3v) is 5.75. The van der Waals surface area contributed by atoms with Crippen LogP contribution in [0.25, 0.3) is 0 Å². The molecule has 1 aromatic carbocycles. The summed E-state index contributed by atoms with van der Waals surface area (Å²) in [6, 6.07) is 9.63. The lowest BCUT2D eigenvalue weighted by Gasteiger charge is -2.32. The van der Waals surface area contributed by atoms with Gasteiger partial charge in [-0.2, -0.15) is 12.7 Å². The van der Waals surface area contributed by atoms with Crippen LogP contribution in [0.15, 0.2) is 30.3 Å². The Hall–Kier alpha value is -1.44. The summed E-state index contributed by atoms with van der Waals surface area (Å²) in [7, 11) is -3.49. The first-order valence-electron chi connectivity index (χ1n) is 8.06. The normalized spacial score (nSPS) is 19.4. The van der Waals surface area contributed by atoms with Crippen LogP contribution in [0, 0.1) is 0 Å². The van der Waals surface area contributed by atoms with Gasteiger partial charge in [-0.1, -0.05) is 36.8 Å². The minimum absolute atomic E-state index is 0.0214. The number of carbonyl (C=O) groups excluding carboxylic acids is 1. The van der Waals surface area contributed by atoms with Gasteiger partial charge in [-0.05, 0) is 25.3 Å². The predicted molar refractivity (Wildman–Crippen MR) is 89.8 cm³/mol. The van der Waals surface area contributed by atoms with Gasteiger partial charge in [0.25, 0.3) is 10.2 Å². The van der Waals surface area contributed by atoms with Crippen molar-refractivity contribution in [2.45, 2.75) is 45.2 Å². The van der Waals surface area contributed by atoms with E-state index in [0.717, 1.165) is 24.8 Å². The number of carbonyl (C=O) groups is 1. The highest BCUT2D eigenvalue weighted by Gasteiger charge is 2.28. The molecule has 1 heterocycles. The molecule has 1 aromatic rings. The van der Waals surface area contributed by atoms with E-state index in [-0.39, 0.29) is 24.9 Å². The van der Waals surface area contributed by atoms with Crippen molar-refractivity contribution in [3.8, 4) is 0 Å². The second-order valence-corrected chi connectivity index (χ2v) is 7.58. The van der Waals surface area contributed by atoms with Gasteiger partial charge in [0.2, 0.25) is 5.91 Å². The highest BCUT2D eigenvalue weighted by molar-refractivity contribution is 7.87. The van der Waals surface area contributed by atoms with Gasteiger partial charge in [-0.25, -0.2) is 4.72 Å². The van der Waals surface area contributed by atoms with Gasteiger partial charge in [0, 0.05) is 32.1 Å². The van der Waals surface area contributed by atoms with Crippen molar-refractivity contribution in [1.29, 1.82) is 0 Å². The number of benzene rings is 1. The maximum absolute atomic E-state index is 12.2. The van der Waals surface area contributed by atoms with Crippen molar-refractivity contribution in [2.24, 2.45) is 0 Å². The van der Waals surface area contributed by atoms with Crippen molar-refractivity contribution in [3.63, 3.8) is 0 Å². The fourth-order valence-corrected chi connectivity index (χ4v) is 4.16. The number of nitrogens with zero attached hydrogens (tertiary/aromatic N) is 1. The van der Waals surface area contributed by atoms with Crippen molar-refractivity contribution < 1.29 is 13.2 Å². The highest BCUT2D eigenvalue weighted by atomic mass is 32.2. The fraction of sp³-hybridized carbons (Fsp3) is 0.562. The molecule has 0 radical (unpaired) electrons. The van der Waals surface area contributed by atoms with E-state index in [4.69, 9.17) is 0 Å². The van der Waals surface area contributed by atoms with E-state index in [1.54, 1.807) is 0 Å². The Morgan fingerprint density at radius 1 is 1.26 bits per heavy atom. The molecule has 1 saturated heterocycles. The van der Waals surface area contributed by atoms with E-state index >= 15 is 0 Å². The van der Waals surface area contributed by atoms with Crippen LogP contribution in [0.5, 0.6) is 0 Å². The molecule has 0 saturated carbocycles. The molecule has 0 bridgehead atoms. The molecule has 6 nitrogen and oxygen atoms in total. The number of rotatable bonds is 7. The van der Waals surface area contributed by atoms with Crippen LogP contribution in [0.4, 0.5) is 0 Å². The van der Waals surface area contributed by atoms with Crippen LogP contribution in [0.1, 0.15) is 38.2 Å². The lowest BCUT2D eigenvalue weighted by Crippen LogP contribution is -2.48. The van der Waals surface area contributed by atoms with Crippen molar-refractivity contribution in [2.75, 3.05) is 13.1 Å². The zero-order valence-electron chi connectivity index (χ0n) is 13.5. The molecule has 0 unspecified atom stereocenters. The van der Waals surface area contributed by atoms with Crippen LogP contribution in [-0.2, 0) is 21.5 Å². The SMILES string of the molecule is C[C@@H]1CCCCN1S(=O)(=O)NCCC(=O)NCc1ccccc1. The minimum Gasteiger partial charge on any atom is -0.352 e. The summed E-state index contributed by atoms with van der Waals surface area (Å²) in [5.74, 6) is -0.164. The van der Waals surface area contributed by atoms with E-state index < -0.39 is 10.2 Å². The van der Waals surface area contributed by atoms with E-state index in [1.165, 1.54) is 4.31 Å². The minimum atomic E-state index is -3.49. The van der Waals surface area contributed by atoms with E-state index in [9.17, 15) is 13.2 Å². The van der Waals surface area contributed by atoms with Gasteiger partial charge in [-0.3, -0.25) is 4.79 Å².